The number of aromatic nitrogens is 3. The van der Waals surface area contributed by atoms with Gasteiger partial charge in [0, 0.05) is 11.3 Å². The first-order valence-corrected chi connectivity index (χ1v) is 6.87. The van der Waals surface area contributed by atoms with E-state index in [0.717, 1.165) is 29.3 Å². The van der Waals surface area contributed by atoms with Crippen LogP contribution in [0.1, 0.15) is 12.0 Å². The van der Waals surface area contributed by atoms with E-state index in [1.807, 2.05) is 18.2 Å². The number of alkyl halides is 1. The number of hydrogen-bond donors (Lipinski definition) is 2. The van der Waals surface area contributed by atoms with E-state index in [9.17, 15) is 4.79 Å². The average Bonchev–Trinajstić information content (AvgIpc) is 2.78. The minimum absolute atomic E-state index is 0.279. The van der Waals surface area contributed by atoms with Crippen LogP contribution in [0.25, 0.3) is 21.9 Å². The van der Waals surface area contributed by atoms with E-state index in [1.165, 1.54) is 0 Å². The Labute approximate surface area is 118 Å². The Kier molecular flexibility index (Phi) is 3.21. The quantitative estimate of drug-likeness (QED) is 0.576. The summed E-state index contributed by atoms with van der Waals surface area (Å²) in [4.78, 5) is 21.3. The summed E-state index contributed by atoms with van der Waals surface area (Å²) in [5.74, 6) is 0.601. The predicted octanol–water partition coefficient (Wildman–Crippen LogP) is 3.23. The number of pyridine rings is 1. The van der Waals surface area contributed by atoms with Crippen LogP contribution in [0, 0.1) is 0 Å². The third-order valence-corrected chi connectivity index (χ3v) is 3.65. The molecule has 98 valence electrons. The van der Waals surface area contributed by atoms with Crippen molar-refractivity contribution in [3.8, 4) is 0 Å². The highest BCUT2D eigenvalue weighted by Gasteiger charge is 2.12. The number of nitrogens with zero attached hydrogens (tertiary/aromatic N) is 1. The monoisotopic (exact) mass is 295 g/mol. The van der Waals surface area contributed by atoms with E-state index in [4.69, 9.17) is 23.2 Å². The maximum absolute atomic E-state index is 11.5. The lowest BCUT2D eigenvalue weighted by atomic mass is 10.0. The molecule has 2 aromatic heterocycles. The number of fused-ring (bicyclic) bond motifs is 3. The third-order valence-electron chi connectivity index (χ3n) is 3.11. The molecule has 0 unspecified atom stereocenters. The molecule has 0 aliphatic rings. The summed E-state index contributed by atoms with van der Waals surface area (Å²) < 4.78 is 0. The van der Waals surface area contributed by atoms with E-state index in [-0.39, 0.29) is 5.69 Å². The van der Waals surface area contributed by atoms with Gasteiger partial charge in [0.15, 0.2) is 5.15 Å². The molecule has 0 bridgehead atoms. The van der Waals surface area contributed by atoms with Gasteiger partial charge in [-0.25, -0.2) is 9.78 Å². The summed E-state index contributed by atoms with van der Waals surface area (Å²) in [6.07, 6.45) is 1.71. The summed E-state index contributed by atoms with van der Waals surface area (Å²) in [6.45, 7) is 0. The Balaban J connectivity index is 2.39. The van der Waals surface area contributed by atoms with Crippen LogP contribution >= 0.6 is 23.2 Å². The van der Waals surface area contributed by atoms with Crippen molar-refractivity contribution in [2.45, 2.75) is 12.8 Å². The van der Waals surface area contributed by atoms with Crippen molar-refractivity contribution in [1.29, 1.82) is 0 Å². The number of nitrogens with one attached hydrogen (secondary N) is 2. The van der Waals surface area contributed by atoms with Crippen molar-refractivity contribution in [2.75, 3.05) is 5.88 Å². The van der Waals surface area contributed by atoms with Crippen LogP contribution in [0.15, 0.2) is 23.0 Å². The normalized spacial score (nSPS) is 11.5. The molecule has 2 N–H and O–H groups in total. The summed E-state index contributed by atoms with van der Waals surface area (Å²) >= 11 is 11.8. The highest BCUT2D eigenvalue weighted by molar-refractivity contribution is 6.35. The molecule has 0 saturated heterocycles. The Bertz CT molecular complexity index is 807. The molecule has 3 rings (SSSR count). The lowest BCUT2D eigenvalue weighted by Crippen LogP contribution is -1.99. The fourth-order valence-electron chi connectivity index (χ4n) is 2.32. The number of aryl methyl sites for hydroxylation is 1. The van der Waals surface area contributed by atoms with Gasteiger partial charge in [-0.05, 0) is 24.5 Å². The molecule has 3 aromatic rings. The zero-order chi connectivity index (χ0) is 13.4. The third kappa shape index (κ3) is 2.11. The molecule has 0 aliphatic carbocycles. The lowest BCUT2D eigenvalue weighted by molar-refractivity contribution is 0.937. The number of H-pyrrole nitrogens is 2. The fraction of sp³-hybridized carbons (Fsp3) is 0.231. The second kappa shape index (κ2) is 4.87. The van der Waals surface area contributed by atoms with E-state index >= 15 is 0 Å². The Morgan fingerprint density at radius 2 is 2.00 bits per heavy atom. The molecule has 0 aliphatic heterocycles. The molecule has 19 heavy (non-hydrogen) atoms. The molecule has 6 heteroatoms. The summed E-state index contributed by atoms with van der Waals surface area (Å²) in [6, 6.07) is 5.84. The minimum atomic E-state index is -0.279. The zero-order valence-electron chi connectivity index (χ0n) is 9.96. The van der Waals surface area contributed by atoms with Crippen molar-refractivity contribution in [2.24, 2.45) is 0 Å². The largest absolute Gasteiger partial charge is 0.323 e. The maximum atomic E-state index is 11.5. The predicted molar refractivity (Wildman–Crippen MR) is 78.3 cm³/mol. The van der Waals surface area contributed by atoms with Gasteiger partial charge >= 0.3 is 5.69 Å². The van der Waals surface area contributed by atoms with Crippen molar-refractivity contribution < 1.29 is 0 Å². The molecule has 0 atom stereocenters. The molecule has 2 heterocycles. The minimum Gasteiger partial charge on any atom is -0.305 e. The number of rotatable bonds is 3. The summed E-state index contributed by atoms with van der Waals surface area (Å²) in [7, 11) is 0. The van der Waals surface area contributed by atoms with Crippen molar-refractivity contribution in [3.63, 3.8) is 0 Å². The van der Waals surface area contributed by atoms with E-state index in [1.54, 1.807) is 0 Å². The van der Waals surface area contributed by atoms with Gasteiger partial charge in [-0.15, -0.1) is 11.6 Å². The Hall–Kier alpha value is -1.52. The number of benzene rings is 1. The first kappa shape index (κ1) is 12.5. The molecular formula is C13H11Cl2N3O. The molecule has 0 amide bonds. The fourth-order valence-corrected chi connectivity index (χ4v) is 2.69. The van der Waals surface area contributed by atoms with Gasteiger partial charge < -0.3 is 9.97 Å². The standard InChI is InChI=1S/C13H11Cl2N3O/c14-6-2-4-7-3-1-5-8-9(7)10-11(12(15)16-8)18-13(19)17-10/h1,3,5H,2,4,6H2,(H2,17,18,19). The SMILES string of the molecule is O=c1[nH]c2c(Cl)nc3cccc(CCCCl)c3c2[nH]1. The van der Waals surface area contributed by atoms with Gasteiger partial charge in [0.25, 0.3) is 0 Å². The van der Waals surface area contributed by atoms with Gasteiger partial charge in [0.2, 0.25) is 0 Å². The Morgan fingerprint density at radius 3 is 2.79 bits per heavy atom. The number of imidazole rings is 1. The Morgan fingerprint density at radius 1 is 1.21 bits per heavy atom. The second-order valence-electron chi connectivity index (χ2n) is 4.34. The number of aromatic amines is 2. The molecule has 0 spiro atoms. The van der Waals surface area contributed by atoms with Crippen LogP contribution in [0.2, 0.25) is 5.15 Å². The van der Waals surface area contributed by atoms with E-state index in [0.29, 0.717) is 22.1 Å². The molecular weight excluding hydrogens is 285 g/mol. The first-order chi connectivity index (χ1) is 9.20. The average molecular weight is 296 g/mol. The molecule has 4 nitrogen and oxygen atoms in total. The highest BCUT2D eigenvalue weighted by atomic mass is 35.5. The molecule has 0 saturated carbocycles. The van der Waals surface area contributed by atoms with Gasteiger partial charge in [-0.1, -0.05) is 23.7 Å². The summed E-state index contributed by atoms with van der Waals surface area (Å²) in [5, 5.41) is 1.24. The van der Waals surface area contributed by atoms with E-state index in [2.05, 4.69) is 15.0 Å². The molecule has 1 aromatic carbocycles. The van der Waals surface area contributed by atoms with Gasteiger partial charge in [-0.2, -0.15) is 0 Å². The smallest absolute Gasteiger partial charge is 0.305 e. The van der Waals surface area contributed by atoms with Crippen LogP contribution in [-0.2, 0) is 6.42 Å². The molecule has 0 fully saturated rings. The van der Waals surface area contributed by atoms with Crippen molar-refractivity contribution in [3.05, 3.63) is 39.4 Å². The number of hydrogen-bond acceptors (Lipinski definition) is 2. The topological polar surface area (TPSA) is 61.5 Å². The second-order valence-corrected chi connectivity index (χ2v) is 5.07. The summed E-state index contributed by atoms with van der Waals surface area (Å²) in [5.41, 5.74) is 2.88. The first-order valence-electron chi connectivity index (χ1n) is 5.96. The highest BCUT2D eigenvalue weighted by Crippen LogP contribution is 2.28. The molecule has 0 radical (unpaired) electrons. The van der Waals surface area contributed by atoms with Crippen LogP contribution < -0.4 is 5.69 Å². The van der Waals surface area contributed by atoms with Crippen LogP contribution in [0.5, 0.6) is 0 Å². The maximum Gasteiger partial charge on any atom is 0.323 e. The van der Waals surface area contributed by atoms with Gasteiger partial charge in [0.05, 0.1) is 11.0 Å². The van der Waals surface area contributed by atoms with Gasteiger partial charge in [-0.3, -0.25) is 0 Å². The van der Waals surface area contributed by atoms with Crippen molar-refractivity contribution >= 4 is 45.1 Å². The van der Waals surface area contributed by atoms with Gasteiger partial charge in [0.1, 0.15) is 5.52 Å². The van der Waals surface area contributed by atoms with E-state index < -0.39 is 0 Å². The van der Waals surface area contributed by atoms with Crippen molar-refractivity contribution in [1.82, 2.24) is 15.0 Å². The van der Waals surface area contributed by atoms with Crippen LogP contribution in [-0.4, -0.2) is 20.8 Å². The van der Waals surface area contributed by atoms with Crippen LogP contribution in [0.4, 0.5) is 0 Å². The lowest BCUT2D eigenvalue weighted by Gasteiger charge is -2.07. The zero-order valence-corrected chi connectivity index (χ0v) is 11.5. The number of halogens is 2. The van der Waals surface area contributed by atoms with Crippen LogP contribution in [0.3, 0.4) is 0 Å².